The Hall–Kier alpha value is -2.14. The van der Waals surface area contributed by atoms with Crippen LogP contribution in [0.5, 0.6) is 0 Å². The van der Waals surface area contributed by atoms with Gasteiger partial charge in [-0.3, -0.25) is 9.74 Å². The summed E-state index contributed by atoms with van der Waals surface area (Å²) in [7, 11) is -0.348. The van der Waals surface area contributed by atoms with Crippen LogP contribution in [0.15, 0.2) is 30.3 Å². The van der Waals surface area contributed by atoms with E-state index < -0.39 is 35.3 Å². The number of likely N-dealkylation sites (tertiary alicyclic amines) is 1. The van der Waals surface area contributed by atoms with E-state index in [1.807, 2.05) is 58.0 Å². The highest BCUT2D eigenvalue weighted by Gasteiger charge is 2.51. The van der Waals surface area contributed by atoms with Gasteiger partial charge in [0.05, 0.1) is 23.9 Å². The highest BCUT2D eigenvalue weighted by Crippen LogP contribution is 2.39. The van der Waals surface area contributed by atoms with Crippen LogP contribution in [-0.2, 0) is 25.5 Å². The number of nitrogens with one attached hydrogen (secondary N) is 1. The van der Waals surface area contributed by atoms with E-state index in [0.717, 1.165) is 10.5 Å². The number of benzene rings is 1. The molecule has 1 aromatic carbocycles. The molecule has 1 amide bonds. The summed E-state index contributed by atoms with van der Waals surface area (Å²) in [5, 5.41) is 19.5. The summed E-state index contributed by atoms with van der Waals surface area (Å²) < 4.78 is 12.0. The maximum atomic E-state index is 12.0. The lowest BCUT2D eigenvalue weighted by Crippen LogP contribution is -2.48. The zero-order valence-corrected chi connectivity index (χ0v) is 19.8. The Balaban J connectivity index is 1.53. The fourth-order valence-electron chi connectivity index (χ4n) is 4.59. The molecule has 2 saturated heterocycles. The predicted molar refractivity (Wildman–Crippen MR) is 123 cm³/mol. The molecule has 2 fully saturated rings. The lowest BCUT2D eigenvalue weighted by molar-refractivity contribution is -0.143. The van der Waals surface area contributed by atoms with Crippen LogP contribution in [0, 0.1) is 5.92 Å². The van der Waals surface area contributed by atoms with Crippen LogP contribution in [0.4, 0.5) is 4.79 Å². The standard InChI is InChI=1S/C23H35BN2O7/c1-22(2)23(3,4)33-24(32-22)12-8-11-17-13-18(26(21(29)30)19(17)20(27)28)14-25-31-15-16-9-6-5-7-10-16/h5-7,9-10,17-19,25H,8,11-15H2,1-4H3,(H,27,28)(H,29,30)/t17-,18?,19+/m1/s1. The predicted octanol–water partition coefficient (Wildman–Crippen LogP) is 3.40. The lowest BCUT2D eigenvalue weighted by atomic mass is 9.80. The molecular formula is C23H35BN2O7. The lowest BCUT2D eigenvalue weighted by Gasteiger charge is -2.32. The molecule has 0 bridgehead atoms. The van der Waals surface area contributed by atoms with E-state index >= 15 is 0 Å². The van der Waals surface area contributed by atoms with Gasteiger partial charge >= 0.3 is 19.2 Å². The summed E-state index contributed by atoms with van der Waals surface area (Å²) in [6, 6.07) is 8.03. The molecule has 3 N–H and O–H groups in total. The Kier molecular flexibility index (Phi) is 8.05. The van der Waals surface area contributed by atoms with Crippen molar-refractivity contribution in [3.05, 3.63) is 35.9 Å². The number of rotatable bonds is 10. The second kappa shape index (κ2) is 10.4. The summed E-state index contributed by atoms with van der Waals surface area (Å²) in [6.07, 6.45) is 1.11. The van der Waals surface area contributed by atoms with Gasteiger partial charge in [0.1, 0.15) is 6.04 Å². The topological polar surface area (TPSA) is 118 Å². The van der Waals surface area contributed by atoms with E-state index in [1.54, 1.807) is 0 Å². The maximum Gasteiger partial charge on any atom is 0.457 e. The van der Waals surface area contributed by atoms with Crippen molar-refractivity contribution in [1.29, 1.82) is 0 Å². The van der Waals surface area contributed by atoms with Crippen LogP contribution in [-0.4, -0.2) is 64.1 Å². The SMILES string of the molecule is CC1(C)OB(CCC[C@@H]2CC(CNOCc3ccccc3)N(C(=O)O)[C@@H]2C(=O)O)OC1(C)C. The molecule has 0 aliphatic carbocycles. The summed E-state index contributed by atoms with van der Waals surface area (Å²) in [5.41, 5.74) is 2.98. The number of hydrogen-bond donors (Lipinski definition) is 3. The Bertz CT molecular complexity index is 804. The minimum absolute atomic E-state index is 0.219. The summed E-state index contributed by atoms with van der Waals surface area (Å²) in [5.74, 6) is -1.41. The normalized spacial score (nSPS) is 26.0. The molecule has 10 heteroatoms. The Labute approximate surface area is 195 Å². The highest BCUT2D eigenvalue weighted by molar-refractivity contribution is 6.45. The number of aliphatic carboxylic acids is 1. The first-order valence-electron chi connectivity index (χ1n) is 11.5. The van der Waals surface area contributed by atoms with E-state index in [-0.39, 0.29) is 19.6 Å². The minimum atomic E-state index is -1.23. The maximum absolute atomic E-state index is 12.0. The van der Waals surface area contributed by atoms with Gasteiger partial charge in [-0.2, -0.15) is 0 Å². The molecule has 0 saturated carbocycles. The molecule has 0 radical (unpaired) electrons. The van der Waals surface area contributed by atoms with Crippen LogP contribution < -0.4 is 5.48 Å². The van der Waals surface area contributed by atoms with Gasteiger partial charge in [0.25, 0.3) is 0 Å². The number of carboxylic acid groups (broad SMARTS) is 2. The van der Waals surface area contributed by atoms with Gasteiger partial charge in [-0.1, -0.05) is 36.8 Å². The smallest absolute Gasteiger partial charge is 0.457 e. The molecule has 1 unspecified atom stereocenters. The second-order valence-corrected chi connectivity index (χ2v) is 9.86. The molecule has 1 aromatic rings. The molecule has 0 aromatic heterocycles. The average Bonchev–Trinajstić information content (AvgIpc) is 3.19. The van der Waals surface area contributed by atoms with Crippen molar-refractivity contribution in [2.75, 3.05) is 6.54 Å². The van der Waals surface area contributed by atoms with E-state index in [0.29, 0.717) is 32.2 Å². The van der Waals surface area contributed by atoms with Crippen LogP contribution in [0.25, 0.3) is 0 Å². The molecule has 3 rings (SSSR count). The van der Waals surface area contributed by atoms with Gasteiger partial charge in [-0.25, -0.2) is 15.1 Å². The summed E-state index contributed by atoms with van der Waals surface area (Å²) >= 11 is 0. The zero-order valence-electron chi connectivity index (χ0n) is 19.8. The van der Waals surface area contributed by atoms with Gasteiger partial charge in [-0.15, -0.1) is 0 Å². The van der Waals surface area contributed by atoms with E-state index in [4.69, 9.17) is 14.1 Å². The number of amides is 1. The monoisotopic (exact) mass is 462 g/mol. The van der Waals surface area contributed by atoms with Crippen molar-refractivity contribution < 1.29 is 33.9 Å². The van der Waals surface area contributed by atoms with Crippen molar-refractivity contribution in [2.45, 2.75) is 83.2 Å². The van der Waals surface area contributed by atoms with Crippen molar-refractivity contribution >= 4 is 19.2 Å². The van der Waals surface area contributed by atoms with Crippen LogP contribution in [0.1, 0.15) is 52.5 Å². The van der Waals surface area contributed by atoms with Crippen LogP contribution in [0.2, 0.25) is 6.32 Å². The quantitative estimate of drug-likeness (QED) is 0.275. The number of carbonyl (C=O) groups is 2. The summed E-state index contributed by atoms with van der Waals surface area (Å²) in [4.78, 5) is 30.4. The first kappa shape index (κ1) is 25.5. The fraction of sp³-hybridized carbons (Fsp3) is 0.652. The highest BCUT2D eigenvalue weighted by atomic mass is 16.7. The Morgan fingerprint density at radius 1 is 1.15 bits per heavy atom. The van der Waals surface area contributed by atoms with Gasteiger partial charge in [-0.05, 0) is 58.3 Å². The van der Waals surface area contributed by atoms with E-state index in [9.17, 15) is 19.8 Å². The van der Waals surface area contributed by atoms with Gasteiger partial charge in [0.2, 0.25) is 0 Å². The number of hydroxylamine groups is 1. The molecular weight excluding hydrogens is 427 g/mol. The molecule has 3 atom stereocenters. The molecule has 2 heterocycles. The minimum Gasteiger partial charge on any atom is -0.480 e. The third-order valence-corrected chi connectivity index (χ3v) is 7.01. The average molecular weight is 462 g/mol. The third-order valence-electron chi connectivity index (χ3n) is 7.01. The molecule has 2 aliphatic heterocycles. The molecule has 182 valence electrons. The molecule has 0 spiro atoms. The van der Waals surface area contributed by atoms with E-state index in [1.165, 1.54) is 0 Å². The molecule has 33 heavy (non-hydrogen) atoms. The first-order chi connectivity index (χ1) is 15.5. The fourth-order valence-corrected chi connectivity index (χ4v) is 4.59. The molecule has 2 aliphatic rings. The summed E-state index contributed by atoms with van der Waals surface area (Å²) in [6.45, 7) is 8.52. The van der Waals surface area contributed by atoms with Crippen molar-refractivity contribution in [3.63, 3.8) is 0 Å². The van der Waals surface area contributed by atoms with Crippen LogP contribution >= 0.6 is 0 Å². The van der Waals surface area contributed by atoms with Gasteiger partial charge in [0, 0.05) is 6.54 Å². The molecule has 9 nitrogen and oxygen atoms in total. The first-order valence-corrected chi connectivity index (χ1v) is 11.5. The van der Waals surface area contributed by atoms with E-state index in [2.05, 4.69) is 5.48 Å². The largest absolute Gasteiger partial charge is 0.480 e. The number of nitrogens with zero attached hydrogens (tertiary/aromatic N) is 1. The number of carboxylic acids is 1. The van der Waals surface area contributed by atoms with Gasteiger partial charge < -0.3 is 19.5 Å². The third kappa shape index (κ3) is 6.06. The zero-order chi connectivity index (χ0) is 24.2. The number of hydrogen-bond acceptors (Lipinski definition) is 6. The second-order valence-electron chi connectivity index (χ2n) is 9.86. The Morgan fingerprint density at radius 3 is 2.36 bits per heavy atom. The van der Waals surface area contributed by atoms with Crippen molar-refractivity contribution in [3.8, 4) is 0 Å². The van der Waals surface area contributed by atoms with Gasteiger partial charge in [0.15, 0.2) is 0 Å². The van der Waals surface area contributed by atoms with Crippen LogP contribution in [0.3, 0.4) is 0 Å². The van der Waals surface area contributed by atoms with Crippen molar-refractivity contribution in [1.82, 2.24) is 10.4 Å². The van der Waals surface area contributed by atoms with Crippen molar-refractivity contribution in [2.24, 2.45) is 5.92 Å². The Morgan fingerprint density at radius 2 is 1.79 bits per heavy atom.